The van der Waals surface area contributed by atoms with Gasteiger partial charge in [-0.15, -0.1) is 0 Å². The van der Waals surface area contributed by atoms with Gasteiger partial charge in [0.25, 0.3) is 0 Å². The van der Waals surface area contributed by atoms with Crippen molar-refractivity contribution in [3.8, 4) is 11.5 Å². The average Bonchev–Trinajstić information content (AvgIpc) is 2.64. The molecule has 0 radical (unpaired) electrons. The zero-order chi connectivity index (χ0) is 18.1. The minimum absolute atomic E-state index is 0.393. The molecule has 0 heterocycles. The van der Waals surface area contributed by atoms with Crippen molar-refractivity contribution in [3.05, 3.63) is 58.6 Å². The van der Waals surface area contributed by atoms with Crippen LogP contribution in [0.5, 0.6) is 11.5 Å². The molecule has 2 rings (SSSR count). The van der Waals surface area contributed by atoms with Gasteiger partial charge < -0.3 is 14.8 Å². The van der Waals surface area contributed by atoms with Crippen LogP contribution >= 0.6 is 11.6 Å². The number of aryl methyl sites for hydroxylation is 1. The second-order valence-electron chi connectivity index (χ2n) is 6.25. The zero-order valence-corrected chi connectivity index (χ0v) is 16.1. The molecular weight excluding hydrogens is 334 g/mol. The van der Waals surface area contributed by atoms with Crippen molar-refractivity contribution >= 4 is 11.6 Å². The van der Waals surface area contributed by atoms with Crippen LogP contribution < -0.4 is 14.8 Å². The molecule has 1 N–H and O–H groups in total. The Morgan fingerprint density at radius 1 is 1.16 bits per heavy atom. The molecule has 0 saturated heterocycles. The monoisotopic (exact) mass is 361 g/mol. The van der Waals surface area contributed by atoms with Gasteiger partial charge in [0, 0.05) is 29.2 Å². The Kier molecular flexibility index (Phi) is 8.10. The van der Waals surface area contributed by atoms with Gasteiger partial charge in [-0.1, -0.05) is 48.9 Å². The van der Waals surface area contributed by atoms with Crippen molar-refractivity contribution in [3.63, 3.8) is 0 Å². The topological polar surface area (TPSA) is 30.5 Å². The fourth-order valence-electron chi connectivity index (χ4n) is 2.69. The highest BCUT2D eigenvalue weighted by Crippen LogP contribution is 2.35. The Morgan fingerprint density at radius 3 is 2.60 bits per heavy atom. The van der Waals surface area contributed by atoms with Crippen molar-refractivity contribution in [2.75, 3.05) is 13.7 Å². The molecular formula is C21H28ClNO2. The van der Waals surface area contributed by atoms with E-state index < -0.39 is 0 Å². The Balaban J connectivity index is 1.97. The lowest BCUT2D eigenvalue weighted by atomic mass is 10.1. The van der Waals surface area contributed by atoms with Crippen LogP contribution in [0.1, 0.15) is 37.8 Å². The van der Waals surface area contributed by atoms with Gasteiger partial charge in [-0.2, -0.15) is 0 Å². The third kappa shape index (κ3) is 6.26. The summed E-state index contributed by atoms with van der Waals surface area (Å²) in [5, 5.41) is 4.23. The minimum Gasteiger partial charge on any atom is -0.493 e. The predicted molar refractivity (Wildman–Crippen MR) is 105 cm³/mol. The van der Waals surface area contributed by atoms with Gasteiger partial charge in [0.15, 0.2) is 11.5 Å². The maximum Gasteiger partial charge on any atom is 0.165 e. The molecule has 0 saturated carbocycles. The first-order valence-corrected chi connectivity index (χ1v) is 9.28. The van der Waals surface area contributed by atoms with E-state index in [9.17, 15) is 0 Å². The molecule has 136 valence electrons. The third-order valence-electron chi connectivity index (χ3n) is 4.12. The van der Waals surface area contributed by atoms with Gasteiger partial charge in [0.05, 0.1) is 13.7 Å². The van der Waals surface area contributed by atoms with Crippen LogP contribution in [-0.2, 0) is 13.0 Å². The van der Waals surface area contributed by atoms with E-state index in [2.05, 4.69) is 49.5 Å². The smallest absolute Gasteiger partial charge is 0.165 e. The van der Waals surface area contributed by atoms with Crippen LogP contribution in [-0.4, -0.2) is 19.8 Å². The van der Waals surface area contributed by atoms with E-state index >= 15 is 0 Å². The van der Waals surface area contributed by atoms with Gasteiger partial charge in [-0.25, -0.2) is 0 Å². The number of ether oxygens (including phenoxy) is 2. The number of methoxy groups -OCH3 is 1. The van der Waals surface area contributed by atoms with Crippen molar-refractivity contribution in [1.29, 1.82) is 0 Å². The van der Waals surface area contributed by atoms with Crippen molar-refractivity contribution in [1.82, 2.24) is 5.32 Å². The summed E-state index contributed by atoms with van der Waals surface area (Å²) in [6.45, 7) is 5.66. The lowest BCUT2D eigenvalue weighted by Crippen LogP contribution is -2.26. The second kappa shape index (κ2) is 10.3. The number of rotatable bonds is 10. The molecule has 25 heavy (non-hydrogen) atoms. The summed E-state index contributed by atoms with van der Waals surface area (Å²) in [5.74, 6) is 1.48. The first kappa shape index (κ1) is 19.6. The van der Waals surface area contributed by atoms with E-state index in [1.807, 2.05) is 6.07 Å². The fraction of sp³-hybridized carbons (Fsp3) is 0.429. The molecule has 0 aliphatic carbocycles. The quantitative estimate of drug-likeness (QED) is 0.627. The molecule has 0 spiro atoms. The molecule has 1 atom stereocenters. The van der Waals surface area contributed by atoms with Crippen molar-refractivity contribution < 1.29 is 9.47 Å². The molecule has 4 heteroatoms. The standard InChI is InChI=1S/C21H28ClNO2/c1-4-12-25-21-18(13-19(22)14-20(21)24-3)15-23-16(2)10-11-17-8-6-5-7-9-17/h5-9,13-14,16,23H,4,10-12,15H2,1-3H3. The highest BCUT2D eigenvalue weighted by Gasteiger charge is 2.13. The maximum absolute atomic E-state index is 6.23. The first-order valence-electron chi connectivity index (χ1n) is 8.90. The van der Waals surface area contributed by atoms with E-state index in [0.717, 1.165) is 30.6 Å². The van der Waals surface area contributed by atoms with E-state index in [1.165, 1.54) is 5.56 Å². The van der Waals surface area contributed by atoms with Crippen LogP contribution in [0.3, 0.4) is 0 Å². The van der Waals surface area contributed by atoms with E-state index in [-0.39, 0.29) is 0 Å². The van der Waals surface area contributed by atoms with Crippen molar-refractivity contribution in [2.24, 2.45) is 0 Å². The van der Waals surface area contributed by atoms with Crippen LogP contribution in [0.25, 0.3) is 0 Å². The SMILES string of the molecule is CCCOc1c(CNC(C)CCc2ccccc2)cc(Cl)cc1OC. The molecule has 3 nitrogen and oxygen atoms in total. The number of hydrogen-bond donors (Lipinski definition) is 1. The van der Waals surface area contributed by atoms with Gasteiger partial charge in [-0.3, -0.25) is 0 Å². The Labute approximate surface area is 156 Å². The van der Waals surface area contributed by atoms with Crippen LogP contribution in [0, 0.1) is 0 Å². The van der Waals surface area contributed by atoms with Crippen molar-refractivity contribution in [2.45, 2.75) is 45.7 Å². The van der Waals surface area contributed by atoms with Crippen LogP contribution in [0.2, 0.25) is 5.02 Å². The molecule has 0 bridgehead atoms. The summed E-state index contributed by atoms with van der Waals surface area (Å²) in [6, 6.07) is 14.7. The predicted octanol–water partition coefficient (Wildman–Crippen LogP) is 5.25. The van der Waals surface area contributed by atoms with Gasteiger partial charge >= 0.3 is 0 Å². The normalized spacial score (nSPS) is 12.0. The Hall–Kier alpha value is -1.71. The number of nitrogens with one attached hydrogen (secondary N) is 1. The van der Waals surface area contributed by atoms with E-state index in [4.69, 9.17) is 21.1 Å². The molecule has 0 aliphatic rings. The molecule has 0 aliphatic heterocycles. The molecule has 0 fully saturated rings. The first-order chi connectivity index (χ1) is 12.1. The average molecular weight is 362 g/mol. The lowest BCUT2D eigenvalue weighted by Gasteiger charge is -2.18. The maximum atomic E-state index is 6.23. The van der Waals surface area contributed by atoms with E-state index in [1.54, 1.807) is 13.2 Å². The highest BCUT2D eigenvalue weighted by molar-refractivity contribution is 6.30. The summed E-state index contributed by atoms with van der Waals surface area (Å²) in [7, 11) is 1.64. The van der Waals surface area contributed by atoms with Gasteiger partial charge in [0.1, 0.15) is 0 Å². The summed E-state index contributed by atoms with van der Waals surface area (Å²) >= 11 is 6.23. The summed E-state index contributed by atoms with van der Waals surface area (Å²) in [5.41, 5.74) is 2.40. The highest BCUT2D eigenvalue weighted by atomic mass is 35.5. The largest absolute Gasteiger partial charge is 0.493 e. The fourth-order valence-corrected chi connectivity index (χ4v) is 2.92. The summed E-state index contributed by atoms with van der Waals surface area (Å²) in [6.07, 6.45) is 3.09. The third-order valence-corrected chi connectivity index (χ3v) is 4.34. The Bertz CT molecular complexity index is 646. The number of hydrogen-bond acceptors (Lipinski definition) is 3. The molecule has 1 unspecified atom stereocenters. The second-order valence-corrected chi connectivity index (χ2v) is 6.69. The van der Waals surface area contributed by atoms with Crippen LogP contribution in [0.15, 0.2) is 42.5 Å². The summed E-state index contributed by atoms with van der Waals surface area (Å²) < 4.78 is 11.3. The molecule has 2 aromatic rings. The Morgan fingerprint density at radius 2 is 1.92 bits per heavy atom. The molecule has 0 aromatic heterocycles. The lowest BCUT2D eigenvalue weighted by molar-refractivity contribution is 0.290. The minimum atomic E-state index is 0.393. The van der Waals surface area contributed by atoms with E-state index in [0.29, 0.717) is 30.0 Å². The van der Waals surface area contributed by atoms with Crippen LogP contribution in [0.4, 0.5) is 0 Å². The summed E-state index contributed by atoms with van der Waals surface area (Å²) in [4.78, 5) is 0. The molecule has 0 amide bonds. The number of benzene rings is 2. The zero-order valence-electron chi connectivity index (χ0n) is 15.3. The number of halogens is 1. The molecule has 2 aromatic carbocycles. The van der Waals surface area contributed by atoms with Gasteiger partial charge in [-0.05, 0) is 37.8 Å². The van der Waals surface area contributed by atoms with Gasteiger partial charge in [0.2, 0.25) is 0 Å².